The van der Waals surface area contributed by atoms with Crippen molar-refractivity contribution >= 4 is 5.97 Å². The molecular weight excluding hydrogens is 408 g/mol. The van der Waals surface area contributed by atoms with Gasteiger partial charge in [-0.25, -0.2) is 0 Å². The number of aliphatic carboxylic acids is 1. The Bertz CT molecular complexity index is 828. The first kappa shape index (κ1) is 25.3. The fraction of sp³-hybridized carbons (Fsp3) is 0.900. The van der Waals surface area contributed by atoms with Crippen LogP contribution < -0.4 is 0 Å². The summed E-state index contributed by atoms with van der Waals surface area (Å²) in [6, 6.07) is 0. The average Bonchev–Trinajstić information content (AvgIpc) is 2.74. The van der Waals surface area contributed by atoms with Gasteiger partial charge < -0.3 is 10.2 Å². The van der Waals surface area contributed by atoms with Gasteiger partial charge in [-0.3, -0.25) is 4.79 Å². The van der Waals surface area contributed by atoms with Crippen LogP contribution in [0.15, 0.2) is 11.6 Å². The van der Waals surface area contributed by atoms with Crippen molar-refractivity contribution in [2.24, 2.45) is 50.7 Å². The van der Waals surface area contributed by atoms with Crippen LogP contribution in [0.1, 0.15) is 113 Å². The summed E-state index contributed by atoms with van der Waals surface area (Å²) in [4.78, 5) is 12.5. The quantitative estimate of drug-likeness (QED) is 0.431. The topological polar surface area (TPSA) is 57.5 Å². The fourth-order valence-corrected chi connectivity index (χ4v) is 9.82. The van der Waals surface area contributed by atoms with Crippen LogP contribution in [0.5, 0.6) is 0 Å². The Hall–Kier alpha value is -0.830. The highest BCUT2D eigenvalue weighted by molar-refractivity contribution is 5.76. The van der Waals surface area contributed by atoms with Crippen molar-refractivity contribution in [3.8, 4) is 0 Å². The lowest BCUT2D eigenvalue weighted by Gasteiger charge is -2.69. The van der Waals surface area contributed by atoms with Crippen LogP contribution in [0, 0.1) is 50.7 Å². The number of rotatable bonds is 3. The number of aliphatic hydroxyl groups excluding tert-OH is 1. The number of aliphatic hydroxyl groups is 1. The predicted octanol–water partition coefficient (Wildman–Crippen LogP) is 7.48. The van der Waals surface area contributed by atoms with Gasteiger partial charge in [0, 0.05) is 0 Å². The van der Waals surface area contributed by atoms with E-state index in [2.05, 4.69) is 54.5 Å². The third-order valence-electron chi connectivity index (χ3n) is 12.5. The lowest BCUT2D eigenvalue weighted by Crippen LogP contribution is -2.65. The minimum atomic E-state index is -1.04. The zero-order valence-electron chi connectivity index (χ0n) is 22.6. The van der Waals surface area contributed by atoms with Gasteiger partial charge in [0.1, 0.15) is 0 Å². The smallest absolute Gasteiger partial charge is 0.312 e. The first-order valence-electron chi connectivity index (χ1n) is 13.8. The summed E-state index contributed by atoms with van der Waals surface area (Å²) in [5.41, 5.74) is 1.36. The van der Waals surface area contributed by atoms with Crippen LogP contribution in [0.4, 0.5) is 0 Å². The molecule has 4 rings (SSSR count). The van der Waals surface area contributed by atoms with Gasteiger partial charge >= 0.3 is 5.97 Å². The van der Waals surface area contributed by atoms with Crippen molar-refractivity contribution in [2.45, 2.75) is 119 Å². The molecule has 0 radical (unpaired) electrons. The van der Waals surface area contributed by atoms with Crippen molar-refractivity contribution in [2.75, 3.05) is 0 Å². The summed E-state index contributed by atoms with van der Waals surface area (Å²) in [7, 11) is 0. The normalized spacial score (nSPS) is 51.8. The molecule has 0 aromatic rings. The summed E-state index contributed by atoms with van der Waals surface area (Å²) in [6.07, 6.45) is 11.6. The number of carboxylic acids is 1. The van der Waals surface area contributed by atoms with E-state index in [1.165, 1.54) is 19.3 Å². The van der Waals surface area contributed by atoms with E-state index in [9.17, 15) is 15.0 Å². The van der Waals surface area contributed by atoms with Crippen molar-refractivity contribution in [1.82, 2.24) is 0 Å². The van der Waals surface area contributed by atoms with Crippen LogP contribution in [-0.4, -0.2) is 22.3 Å². The molecule has 0 aliphatic heterocycles. The number of carboxylic acid groups (broad SMARTS) is 1. The van der Waals surface area contributed by atoms with Crippen LogP contribution in [0.25, 0.3) is 0 Å². The van der Waals surface area contributed by atoms with Crippen LogP contribution in [-0.2, 0) is 4.79 Å². The lowest BCUT2D eigenvalue weighted by atomic mass is 9.35. The highest BCUT2D eigenvalue weighted by Gasteiger charge is 2.68. The summed E-state index contributed by atoms with van der Waals surface area (Å²) < 4.78 is 0. The Balaban J connectivity index is 1.78. The molecule has 4 aliphatic carbocycles. The summed E-state index contributed by atoms with van der Waals surface area (Å²) in [5, 5.41) is 21.1. The van der Waals surface area contributed by atoms with E-state index < -0.39 is 17.5 Å². The van der Waals surface area contributed by atoms with Gasteiger partial charge in [-0.2, -0.15) is 0 Å². The van der Waals surface area contributed by atoms with Crippen LogP contribution >= 0.6 is 0 Å². The first-order chi connectivity index (χ1) is 15.2. The van der Waals surface area contributed by atoms with Crippen molar-refractivity contribution in [3.63, 3.8) is 0 Å². The van der Waals surface area contributed by atoms with Crippen molar-refractivity contribution in [1.29, 1.82) is 0 Å². The molecule has 3 nitrogen and oxygen atoms in total. The van der Waals surface area contributed by atoms with E-state index in [0.717, 1.165) is 38.0 Å². The molecule has 3 heteroatoms. The molecule has 0 spiro atoms. The number of hydrogen-bond acceptors (Lipinski definition) is 2. The van der Waals surface area contributed by atoms with E-state index in [0.29, 0.717) is 23.7 Å². The average molecular weight is 459 g/mol. The summed E-state index contributed by atoms with van der Waals surface area (Å²) >= 11 is 0. The van der Waals surface area contributed by atoms with E-state index in [-0.39, 0.29) is 22.2 Å². The third kappa shape index (κ3) is 3.34. The van der Waals surface area contributed by atoms with Gasteiger partial charge in [0.05, 0.1) is 11.5 Å². The van der Waals surface area contributed by atoms with Crippen LogP contribution in [0.3, 0.4) is 0 Å². The number of fused-ring (bicyclic) bond motifs is 3. The first-order valence-corrected chi connectivity index (χ1v) is 13.8. The molecule has 0 bridgehead atoms. The summed E-state index contributed by atoms with van der Waals surface area (Å²) in [5.74, 6) is 1.10. The molecule has 3 saturated carbocycles. The molecule has 9 atom stereocenters. The second-order valence-electron chi connectivity index (χ2n) is 14.3. The largest absolute Gasteiger partial charge is 0.481 e. The molecule has 3 fully saturated rings. The van der Waals surface area contributed by atoms with E-state index in [1.807, 2.05) is 6.92 Å². The molecule has 2 N–H and O–H groups in total. The SMILES string of the molecule is CC[C@]1(C)C([C@@H]2CC(C)(C)CC[C@H]2C)=CC[C@@H]2[C@@]3(C)CC[C@@H](O)[C@](C)(C(=O)O)C3CC[C@]21C. The molecule has 33 heavy (non-hydrogen) atoms. The maximum atomic E-state index is 12.5. The molecule has 0 amide bonds. The Labute approximate surface area is 202 Å². The zero-order valence-corrected chi connectivity index (χ0v) is 22.6. The molecule has 188 valence electrons. The van der Waals surface area contributed by atoms with Gasteiger partial charge in [0.15, 0.2) is 0 Å². The van der Waals surface area contributed by atoms with E-state index >= 15 is 0 Å². The second-order valence-corrected chi connectivity index (χ2v) is 14.3. The van der Waals surface area contributed by atoms with Crippen LogP contribution in [0.2, 0.25) is 0 Å². The van der Waals surface area contributed by atoms with E-state index in [1.54, 1.807) is 5.57 Å². The molecule has 4 aliphatic rings. The van der Waals surface area contributed by atoms with Crippen molar-refractivity contribution in [3.05, 3.63) is 11.6 Å². The van der Waals surface area contributed by atoms with E-state index in [4.69, 9.17) is 0 Å². The Morgan fingerprint density at radius 3 is 2.27 bits per heavy atom. The van der Waals surface area contributed by atoms with Gasteiger partial charge in [0.25, 0.3) is 0 Å². The molecule has 0 saturated heterocycles. The van der Waals surface area contributed by atoms with Gasteiger partial charge in [0.2, 0.25) is 0 Å². The van der Waals surface area contributed by atoms with Gasteiger partial charge in [-0.05, 0) is 110 Å². The second kappa shape index (κ2) is 7.84. The Morgan fingerprint density at radius 2 is 1.67 bits per heavy atom. The third-order valence-corrected chi connectivity index (χ3v) is 12.5. The van der Waals surface area contributed by atoms with Gasteiger partial charge in [-0.1, -0.05) is 60.1 Å². The standard InChI is InChI=1S/C30H50O3/c1-9-28(6)21(20-18-26(3,4)15-12-19(20)2)10-11-22-27(5)16-14-24(31)30(8,25(32)33)23(27)13-17-29(22,28)7/h10,19-20,22-24,31H,9,11-18H2,1-8H3,(H,32,33)/t19-,20-,22-,23?,24-,27-,28-,29-,30-/m1/s1. The minimum Gasteiger partial charge on any atom is -0.481 e. The maximum Gasteiger partial charge on any atom is 0.312 e. The van der Waals surface area contributed by atoms with Gasteiger partial charge in [-0.15, -0.1) is 0 Å². The molecule has 0 aromatic heterocycles. The minimum absolute atomic E-state index is 0.0351. The highest BCUT2D eigenvalue weighted by atomic mass is 16.4. The molecular formula is C30H50O3. The summed E-state index contributed by atoms with van der Waals surface area (Å²) in [6.45, 7) is 19.1. The Kier molecular flexibility index (Phi) is 6.00. The number of hydrogen-bond donors (Lipinski definition) is 2. The number of allylic oxidation sites excluding steroid dienone is 2. The predicted molar refractivity (Wildman–Crippen MR) is 135 cm³/mol. The zero-order chi connectivity index (χ0) is 24.6. The van der Waals surface area contributed by atoms with Crippen molar-refractivity contribution < 1.29 is 15.0 Å². The lowest BCUT2D eigenvalue weighted by molar-refractivity contribution is -0.212. The fourth-order valence-electron chi connectivity index (χ4n) is 9.82. The maximum absolute atomic E-state index is 12.5. The molecule has 0 aromatic carbocycles. The monoisotopic (exact) mass is 458 g/mol. The molecule has 0 heterocycles. The Morgan fingerprint density at radius 1 is 1.00 bits per heavy atom. The molecule has 1 unspecified atom stereocenters. The number of carbonyl (C=O) groups is 1. The highest BCUT2D eigenvalue weighted by Crippen LogP contribution is 2.73.